The van der Waals surface area contributed by atoms with Crippen LogP contribution >= 0.6 is 11.8 Å². The fourth-order valence-electron chi connectivity index (χ4n) is 1.23. The van der Waals surface area contributed by atoms with E-state index in [1.54, 1.807) is 17.9 Å². The van der Waals surface area contributed by atoms with E-state index in [0.29, 0.717) is 10.7 Å². The van der Waals surface area contributed by atoms with Gasteiger partial charge in [0.15, 0.2) is 10.8 Å². The number of carbonyl (C=O) groups excluding carboxylic acids is 1. The number of nitrogens with one attached hydrogen (secondary N) is 1. The highest BCUT2D eigenvalue weighted by atomic mass is 32.2. The van der Waals surface area contributed by atoms with E-state index in [0.717, 1.165) is 11.8 Å². The van der Waals surface area contributed by atoms with Crippen LogP contribution in [0.15, 0.2) is 11.4 Å². The average Bonchev–Trinajstić information content (AvgIpc) is 2.49. The molecule has 1 rings (SSSR count). The number of aryl methyl sites for hydroxylation is 1. The van der Waals surface area contributed by atoms with Gasteiger partial charge in [0.05, 0.1) is 7.05 Å². The summed E-state index contributed by atoms with van der Waals surface area (Å²) in [6, 6.07) is -0.968. The zero-order chi connectivity index (χ0) is 12.3. The van der Waals surface area contributed by atoms with Gasteiger partial charge in [-0.15, -0.1) is 0 Å². The van der Waals surface area contributed by atoms with Crippen LogP contribution in [0.4, 0.5) is 0 Å². The Morgan fingerprint density at radius 2 is 2.31 bits per heavy atom. The van der Waals surface area contributed by atoms with E-state index in [-0.39, 0.29) is 11.5 Å². The van der Waals surface area contributed by atoms with Crippen molar-refractivity contribution in [3.05, 3.63) is 12.0 Å². The number of thioether (sulfide) groups is 1. The van der Waals surface area contributed by atoms with Crippen molar-refractivity contribution in [2.75, 3.05) is 0 Å². The Bertz CT molecular complexity index is 416. The smallest absolute Gasteiger partial charge is 0.320 e. The highest BCUT2D eigenvalue weighted by Gasteiger charge is 2.23. The maximum absolute atomic E-state index is 11.0. The molecule has 0 aliphatic carbocycles. The Balaban J connectivity index is 2.88. The number of hydrogen-bond acceptors (Lipinski definition) is 4. The van der Waals surface area contributed by atoms with Crippen molar-refractivity contribution in [3.8, 4) is 0 Å². The summed E-state index contributed by atoms with van der Waals surface area (Å²) < 4.78 is 1.73. The summed E-state index contributed by atoms with van der Waals surface area (Å²) in [4.78, 5) is 24.6. The Morgan fingerprint density at radius 3 is 2.81 bits per heavy atom. The van der Waals surface area contributed by atoms with Gasteiger partial charge >= 0.3 is 5.97 Å². The van der Waals surface area contributed by atoms with Gasteiger partial charge in [0, 0.05) is 13.3 Å². The standard InChI is InChI=1S/C9H13N3O3S/c1-5(13)16-8-7(11-4-12(8)2)3-6(10)9(14)15/h4,6H,3,10H2,1-2H3,(H,14,15)/p+1/t6-/m0/s1. The van der Waals surface area contributed by atoms with Crippen molar-refractivity contribution >= 4 is 22.8 Å². The molecule has 0 fully saturated rings. The van der Waals surface area contributed by atoms with Gasteiger partial charge < -0.3 is 10.8 Å². The molecule has 88 valence electrons. The van der Waals surface area contributed by atoms with Gasteiger partial charge in [-0.05, 0) is 11.8 Å². The molecule has 0 bridgehead atoms. The lowest BCUT2D eigenvalue weighted by Gasteiger charge is -2.03. The molecule has 0 amide bonds. The minimum Gasteiger partial charge on any atom is -0.480 e. The number of imidazole rings is 1. The first kappa shape index (κ1) is 12.7. The molecule has 1 heterocycles. The summed E-state index contributed by atoms with van der Waals surface area (Å²) >= 11 is 1.06. The minimum atomic E-state index is -1.06. The first-order valence-electron chi connectivity index (χ1n) is 4.64. The van der Waals surface area contributed by atoms with Crippen LogP contribution in [0.5, 0.6) is 0 Å². The van der Waals surface area contributed by atoms with Crippen LogP contribution in [0.3, 0.4) is 0 Å². The summed E-state index contributed by atoms with van der Waals surface area (Å²) in [7, 11) is 1.78. The predicted octanol–water partition coefficient (Wildman–Crippen LogP) is -0.568. The van der Waals surface area contributed by atoms with Gasteiger partial charge in [-0.2, -0.15) is 0 Å². The largest absolute Gasteiger partial charge is 0.480 e. The third-order valence-electron chi connectivity index (χ3n) is 1.99. The van der Waals surface area contributed by atoms with Gasteiger partial charge in [0.1, 0.15) is 6.04 Å². The second-order valence-corrected chi connectivity index (χ2v) is 4.58. The second kappa shape index (κ2) is 5.13. The highest BCUT2D eigenvalue weighted by molar-refractivity contribution is 8.13. The van der Waals surface area contributed by atoms with E-state index >= 15 is 0 Å². The monoisotopic (exact) mass is 244 g/mol. The van der Waals surface area contributed by atoms with Crippen molar-refractivity contribution in [1.29, 1.82) is 0 Å². The van der Waals surface area contributed by atoms with Crippen LogP contribution in [0.2, 0.25) is 0 Å². The van der Waals surface area contributed by atoms with Crippen molar-refractivity contribution in [1.82, 2.24) is 4.98 Å². The number of hydrogen-bond donors (Lipinski definition) is 3. The van der Waals surface area contributed by atoms with Crippen molar-refractivity contribution < 1.29 is 19.3 Å². The fraction of sp³-hybridized carbons (Fsp3) is 0.444. The number of aliphatic carboxylic acids is 1. The third-order valence-corrected chi connectivity index (χ3v) is 3.01. The second-order valence-electron chi connectivity index (χ2n) is 3.41. The number of carbonyl (C=O) groups is 2. The molecular weight excluding hydrogens is 230 g/mol. The highest BCUT2D eigenvalue weighted by Crippen LogP contribution is 2.18. The number of H-pyrrole nitrogens is 1. The van der Waals surface area contributed by atoms with Crippen molar-refractivity contribution in [3.63, 3.8) is 0 Å². The molecule has 1 atom stereocenters. The number of aromatic nitrogens is 2. The fourth-order valence-corrected chi connectivity index (χ4v) is 1.97. The molecule has 0 aliphatic rings. The molecule has 0 unspecified atom stereocenters. The molecule has 0 saturated heterocycles. The first-order chi connectivity index (χ1) is 7.41. The van der Waals surface area contributed by atoms with E-state index in [4.69, 9.17) is 10.8 Å². The lowest BCUT2D eigenvalue weighted by molar-refractivity contribution is -0.706. The molecule has 0 aliphatic heterocycles. The third kappa shape index (κ3) is 3.07. The van der Waals surface area contributed by atoms with Gasteiger partial charge in [-0.25, -0.2) is 9.55 Å². The predicted molar refractivity (Wildman–Crippen MR) is 57.8 cm³/mol. The number of nitrogens with zero attached hydrogens (tertiary/aromatic N) is 1. The summed E-state index contributed by atoms with van der Waals surface area (Å²) in [5.41, 5.74) is 6.10. The van der Waals surface area contributed by atoms with Gasteiger partial charge in [-0.3, -0.25) is 9.59 Å². The SMILES string of the molecule is CC(=O)Sc1c(C[C@H](N)C(=O)O)[nH]c[n+]1C. The zero-order valence-corrected chi connectivity index (χ0v) is 9.87. The van der Waals surface area contributed by atoms with Crippen LogP contribution in [0.25, 0.3) is 0 Å². The molecule has 0 spiro atoms. The number of nitrogens with two attached hydrogens (primary N) is 1. The zero-order valence-electron chi connectivity index (χ0n) is 9.06. The van der Waals surface area contributed by atoms with Gasteiger partial charge in [0.2, 0.25) is 11.4 Å². The molecule has 4 N–H and O–H groups in total. The van der Waals surface area contributed by atoms with Crippen molar-refractivity contribution in [2.24, 2.45) is 12.8 Å². The average molecular weight is 244 g/mol. The summed E-state index contributed by atoms with van der Waals surface area (Å²) in [5, 5.41) is 9.35. The van der Waals surface area contributed by atoms with Crippen molar-refractivity contribution in [2.45, 2.75) is 24.4 Å². The quantitative estimate of drug-likeness (QED) is 0.486. The van der Waals surface area contributed by atoms with E-state index in [1.165, 1.54) is 6.92 Å². The molecule has 0 aromatic carbocycles. The molecule has 1 aromatic heterocycles. The topological polar surface area (TPSA) is 100 Å². The first-order valence-corrected chi connectivity index (χ1v) is 5.46. The molecule has 0 saturated carbocycles. The number of aromatic amines is 1. The van der Waals surface area contributed by atoms with Crippen LogP contribution in [0.1, 0.15) is 12.6 Å². The molecule has 7 heteroatoms. The Morgan fingerprint density at radius 1 is 1.69 bits per heavy atom. The molecule has 0 radical (unpaired) electrons. The molecule has 16 heavy (non-hydrogen) atoms. The van der Waals surface area contributed by atoms with Crippen LogP contribution in [0, 0.1) is 0 Å². The van der Waals surface area contributed by atoms with E-state index in [2.05, 4.69) is 4.98 Å². The van der Waals surface area contributed by atoms with E-state index in [9.17, 15) is 9.59 Å². The Labute approximate surface area is 96.8 Å². The molecule has 6 nitrogen and oxygen atoms in total. The molecular formula is C9H14N3O3S+. The normalized spacial score (nSPS) is 12.4. The molecule has 1 aromatic rings. The Kier molecular flexibility index (Phi) is 4.08. The number of rotatable bonds is 4. The van der Waals surface area contributed by atoms with Crippen LogP contribution in [-0.2, 0) is 23.1 Å². The minimum absolute atomic E-state index is 0.0552. The van der Waals surface area contributed by atoms with Crippen LogP contribution < -0.4 is 10.3 Å². The maximum Gasteiger partial charge on any atom is 0.320 e. The van der Waals surface area contributed by atoms with E-state index < -0.39 is 12.0 Å². The lowest BCUT2D eigenvalue weighted by Crippen LogP contribution is -2.33. The van der Waals surface area contributed by atoms with Gasteiger partial charge in [-0.1, -0.05) is 0 Å². The summed E-state index contributed by atoms with van der Waals surface area (Å²) in [6.45, 7) is 1.46. The summed E-state index contributed by atoms with van der Waals surface area (Å²) in [5.74, 6) is -1.06. The van der Waals surface area contributed by atoms with Crippen LogP contribution in [-0.4, -0.2) is 27.2 Å². The van der Waals surface area contributed by atoms with E-state index in [1.807, 2.05) is 0 Å². The number of carboxylic acids is 1. The summed E-state index contributed by atoms with van der Waals surface area (Å²) in [6.07, 6.45) is 1.83. The lowest BCUT2D eigenvalue weighted by atomic mass is 10.2. The maximum atomic E-state index is 11.0. The van der Waals surface area contributed by atoms with Gasteiger partial charge in [0.25, 0.3) is 0 Å². The number of carboxylic acid groups (broad SMARTS) is 1. The Hall–Kier alpha value is -1.34.